The minimum absolute atomic E-state index is 0.00885. The van der Waals surface area contributed by atoms with E-state index < -0.39 is 145 Å². The maximum atomic E-state index is 15.3. The molecule has 136 heavy (non-hydrogen) atoms. The topological polar surface area (TPSA) is 572 Å². The van der Waals surface area contributed by atoms with E-state index in [1.165, 1.54) is 18.2 Å². The summed E-state index contributed by atoms with van der Waals surface area (Å²) in [6.07, 6.45) is -0.568. The first-order valence-electron chi connectivity index (χ1n) is 44.6. The van der Waals surface area contributed by atoms with E-state index in [-0.39, 0.29) is 190 Å². The number of carboxylic acid groups (broad SMARTS) is 6. The van der Waals surface area contributed by atoms with Crippen molar-refractivity contribution in [3.63, 3.8) is 0 Å². The molecule has 1 fully saturated rings. The number of nitrogens with one attached hydrogen (secondary N) is 8. The van der Waals surface area contributed by atoms with Crippen molar-refractivity contribution in [2.45, 2.75) is 152 Å². The molecule has 41 heteroatoms. The fraction of sp³-hybridized carbons (Fsp3) is 0.411. The first-order chi connectivity index (χ1) is 65.4. The fourth-order valence-corrected chi connectivity index (χ4v) is 16.2. The number of carbonyl (C=O) groups is 18. The van der Waals surface area contributed by atoms with Gasteiger partial charge in [-0.25, -0.2) is 28.8 Å². The molecule has 6 atom stereocenters. The first-order valence-corrected chi connectivity index (χ1v) is 44.6. The van der Waals surface area contributed by atoms with Crippen LogP contribution in [0.5, 0.6) is 0 Å². The molecule has 0 radical (unpaired) electrons. The Kier molecular flexibility index (Phi) is 39.5. The van der Waals surface area contributed by atoms with Crippen molar-refractivity contribution in [2.24, 2.45) is 0 Å². The standard InChI is InChI=1S/C95H112N14O27/c110-57-134-54-105-36-34-104(35-37-106(55-135-58-111)39-41-107(40-38-105)56-136-59-112)53-82(114)97-74-49-72(88(122)108-32-29-66-46-68(21-23-70(66)51-108)85(119)98-79(44-60-17-19-62-10-4-6-12-64(62)42-60)81(113)16-3-1-2-14-75(90(124)125)100-94(132)102-77(92(128)129)25-27-83(115)116)48-73(50-74)89(123)109-33-30-67-47-69(22-24-71(67)52-109)86(120)99-80(45-61-18-20-63-11-5-7-13-65(63)43-61)87(121)96-31-9-8-15-76(91(126)127)101-95(133)103-78(93(130)131)26-28-84(117)118/h4-7,10-13,17-24,42-43,46-50,57-59,75-80H,1-3,8-9,14-16,25-41,44-45,51-56H2,(H,96,121)(H,97,114)(H,98,119)(H,99,120)(H,115,116)(H,117,118)(H,124,125)(H,126,127)(H,128,129)(H,130,131)(H2,100,102,132)(H2,101,103,133)/t75-,76?,77-,78-,79-,80-/m0/s1. The number of anilines is 1. The quantitative estimate of drug-likeness (QED) is 0.0141. The number of ketones is 1. The van der Waals surface area contributed by atoms with E-state index in [1.807, 2.05) is 105 Å². The molecule has 3 heterocycles. The number of amides is 10. The second kappa shape index (κ2) is 52.0. The number of fused-ring (bicyclic) bond motifs is 4. The maximum Gasteiger partial charge on any atom is 0.326 e. The predicted molar refractivity (Wildman–Crippen MR) is 488 cm³/mol. The van der Waals surface area contributed by atoms with Crippen LogP contribution in [0, 0.1) is 0 Å². The molecule has 41 nitrogen and oxygen atoms in total. The van der Waals surface area contributed by atoms with Crippen LogP contribution in [0.4, 0.5) is 15.3 Å². The average Bonchev–Trinajstić information content (AvgIpc) is 0.786. The van der Waals surface area contributed by atoms with Crippen LogP contribution in [-0.2, 0) is 111 Å². The molecular formula is C95H112N14O27. The highest BCUT2D eigenvalue weighted by Crippen LogP contribution is 2.29. The van der Waals surface area contributed by atoms with Gasteiger partial charge in [-0.1, -0.05) is 110 Å². The van der Waals surface area contributed by atoms with Gasteiger partial charge in [-0.05, 0) is 162 Å². The van der Waals surface area contributed by atoms with Crippen molar-refractivity contribution in [3.05, 3.63) is 195 Å². The second-order valence-electron chi connectivity index (χ2n) is 33.4. The van der Waals surface area contributed by atoms with Crippen molar-refractivity contribution in [1.29, 1.82) is 0 Å². The number of carbonyl (C=O) groups excluding carboxylic acids is 12. The van der Waals surface area contributed by atoms with Gasteiger partial charge in [0.25, 0.3) is 43.0 Å². The van der Waals surface area contributed by atoms with E-state index in [1.54, 1.807) is 46.2 Å². The maximum absolute atomic E-state index is 15.3. The Balaban J connectivity index is 0.846. The Morgan fingerprint density at radius 1 is 0.360 bits per heavy atom. The number of hydrogen-bond donors (Lipinski definition) is 14. The molecule has 7 aromatic carbocycles. The number of rotatable bonds is 49. The molecule has 0 saturated carbocycles. The fourth-order valence-electron chi connectivity index (χ4n) is 16.2. The molecule has 10 amide bonds. The Morgan fingerprint density at radius 2 is 0.757 bits per heavy atom. The molecule has 7 aromatic rings. The summed E-state index contributed by atoms with van der Waals surface area (Å²) in [5.74, 6) is -12.1. The van der Waals surface area contributed by atoms with Gasteiger partial charge in [-0.15, -0.1) is 0 Å². The number of urea groups is 2. The van der Waals surface area contributed by atoms with Crippen molar-refractivity contribution in [1.82, 2.24) is 66.6 Å². The molecule has 0 aliphatic carbocycles. The molecule has 0 aromatic heterocycles. The monoisotopic (exact) mass is 1880 g/mol. The van der Waals surface area contributed by atoms with Gasteiger partial charge in [0.15, 0.2) is 5.78 Å². The summed E-state index contributed by atoms with van der Waals surface area (Å²) in [7, 11) is 0. The zero-order chi connectivity index (χ0) is 97.7. The van der Waals surface area contributed by atoms with Crippen LogP contribution >= 0.6 is 0 Å². The molecular weight excluding hydrogens is 1770 g/mol. The predicted octanol–water partition coefficient (Wildman–Crippen LogP) is 4.57. The smallest absolute Gasteiger partial charge is 0.326 e. The number of ether oxygens (including phenoxy) is 3. The number of unbranched alkanes of at least 4 members (excludes halogenated alkanes) is 3. The van der Waals surface area contributed by atoms with Crippen LogP contribution in [0.2, 0.25) is 0 Å². The van der Waals surface area contributed by atoms with Crippen LogP contribution in [0.1, 0.15) is 152 Å². The minimum Gasteiger partial charge on any atom is -0.481 e. The molecule has 1 saturated heterocycles. The number of aliphatic carboxylic acids is 6. The highest BCUT2D eigenvalue weighted by atomic mass is 16.5. The number of Topliss-reactive ketones (excluding diaryl/α,β-unsaturated/α-hetero) is 1. The third-order valence-electron chi connectivity index (χ3n) is 23.7. The van der Waals surface area contributed by atoms with E-state index in [0.29, 0.717) is 74.3 Å². The van der Waals surface area contributed by atoms with Gasteiger partial charge >= 0.3 is 47.9 Å². The molecule has 724 valence electrons. The molecule has 10 rings (SSSR count). The van der Waals surface area contributed by atoms with E-state index in [0.717, 1.165) is 32.7 Å². The molecule has 1 unspecified atom stereocenters. The molecule has 0 bridgehead atoms. The zero-order valence-corrected chi connectivity index (χ0v) is 74.7. The third-order valence-corrected chi connectivity index (χ3v) is 23.7. The summed E-state index contributed by atoms with van der Waals surface area (Å²) in [5.41, 5.74) is 4.78. The average molecular weight is 1880 g/mol. The number of carboxylic acids is 6. The van der Waals surface area contributed by atoms with Crippen molar-refractivity contribution in [3.8, 4) is 0 Å². The van der Waals surface area contributed by atoms with Gasteiger partial charge in [0.1, 0.15) is 50.4 Å². The summed E-state index contributed by atoms with van der Waals surface area (Å²) in [4.78, 5) is 242. The first kappa shape index (κ1) is 103. The van der Waals surface area contributed by atoms with Gasteiger partial charge in [0.2, 0.25) is 11.8 Å². The van der Waals surface area contributed by atoms with Gasteiger partial charge in [0.05, 0.1) is 12.6 Å². The highest BCUT2D eigenvalue weighted by molar-refractivity contribution is 6.04. The van der Waals surface area contributed by atoms with Crippen molar-refractivity contribution < 1.29 is 131 Å². The van der Waals surface area contributed by atoms with E-state index in [2.05, 4.69) is 42.5 Å². The minimum atomic E-state index is -1.61. The summed E-state index contributed by atoms with van der Waals surface area (Å²) < 4.78 is 15.4. The molecule has 3 aliphatic rings. The lowest BCUT2D eigenvalue weighted by Gasteiger charge is -2.33. The van der Waals surface area contributed by atoms with E-state index in [9.17, 15) is 97.1 Å². The van der Waals surface area contributed by atoms with Gasteiger partial charge < -0.3 is 97.2 Å². The van der Waals surface area contributed by atoms with Gasteiger partial charge in [-0.2, -0.15) is 0 Å². The number of nitrogens with zero attached hydrogens (tertiary/aromatic N) is 6. The summed E-state index contributed by atoms with van der Waals surface area (Å²) in [5, 5.41) is 80.7. The zero-order valence-electron chi connectivity index (χ0n) is 74.7. The van der Waals surface area contributed by atoms with Gasteiger partial charge in [-0.3, -0.25) is 77.1 Å². The van der Waals surface area contributed by atoms with Crippen LogP contribution in [-0.4, -0.2) is 304 Å². The Labute approximate surface area is 781 Å². The SMILES string of the molecule is O=COCN1CCN(COC=O)CCN(CC(=O)Nc2cc(C(=O)N3CCc4cc(C(=O)N[C@@H](Cc5ccc6ccccc6c5)C(=O)CCCCC[C@H](NC(=O)N[C@@H](CCC(=O)O)C(=O)O)C(=O)O)ccc4C3)cc(C(=O)N3CCc4cc(C(=O)N[C@@H](Cc5ccc6ccccc6c5)C(=O)NCCCCC(NC(=O)N[C@@H](CCC(=O)O)C(=O)O)C(=O)O)ccc4C3)c2)CCN(COC=O)CC1. The van der Waals surface area contributed by atoms with Gasteiger partial charge in [0, 0.05) is 139 Å². The third kappa shape index (κ3) is 32.2. The van der Waals surface area contributed by atoms with E-state index >= 15 is 9.59 Å². The van der Waals surface area contributed by atoms with Crippen molar-refractivity contribution >= 4 is 136 Å². The second-order valence-corrected chi connectivity index (χ2v) is 33.4. The Morgan fingerprint density at radius 3 is 1.18 bits per heavy atom. The lowest BCUT2D eigenvalue weighted by molar-refractivity contribution is -0.142. The van der Waals surface area contributed by atoms with Crippen molar-refractivity contribution in [2.75, 3.05) is 104 Å². The van der Waals surface area contributed by atoms with Crippen LogP contribution in [0.25, 0.3) is 21.5 Å². The summed E-state index contributed by atoms with van der Waals surface area (Å²) >= 11 is 0. The Bertz CT molecular complexity index is 5190. The highest BCUT2D eigenvalue weighted by Gasteiger charge is 2.34. The molecule has 14 N–H and O–H groups in total. The molecule has 0 spiro atoms. The normalized spacial score (nSPS) is 15.1. The lowest BCUT2D eigenvalue weighted by atomic mass is 9.94. The number of hydrogen-bond acceptors (Lipinski definition) is 25. The number of benzene rings is 7. The Hall–Kier alpha value is -14.8. The van der Waals surface area contributed by atoms with E-state index in [4.69, 9.17) is 24.4 Å². The van der Waals surface area contributed by atoms with Crippen LogP contribution in [0.15, 0.2) is 140 Å². The summed E-state index contributed by atoms with van der Waals surface area (Å²) in [6.45, 7) is 3.19. The van der Waals surface area contributed by atoms with Crippen LogP contribution in [0.3, 0.4) is 0 Å². The van der Waals surface area contributed by atoms with Crippen LogP contribution < -0.4 is 42.5 Å². The molecule has 3 aliphatic heterocycles. The summed E-state index contributed by atoms with van der Waals surface area (Å²) in [6, 6.07) is 30.2. The largest absolute Gasteiger partial charge is 0.481 e. The lowest BCUT2D eigenvalue weighted by Crippen LogP contribution is -2.51.